The molecule has 0 spiro atoms. The molecule has 0 aliphatic heterocycles. The molecule has 6 heteroatoms. The molecule has 0 aromatic heterocycles. The van der Waals surface area contributed by atoms with Gasteiger partial charge >= 0.3 is 0 Å². The Kier molecular flexibility index (Phi) is 10.3. The van der Waals surface area contributed by atoms with E-state index in [1.54, 1.807) is 0 Å². The topological polar surface area (TPSA) is 77.0 Å². The summed E-state index contributed by atoms with van der Waals surface area (Å²) in [6.07, 6.45) is 7.23. The Bertz CT molecular complexity index is 3040. The zero-order chi connectivity index (χ0) is 41.8. The van der Waals surface area contributed by atoms with E-state index in [0.717, 1.165) is 74.6 Å². The number of anilines is 7. The van der Waals surface area contributed by atoms with Crippen molar-refractivity contribution in [3.05, 3.63) is 230 Å². The van der Waals surface area contributed by atoms with Gasteiger partial charge in [-0.2, -0.15) is 0 Å². The Morgan fingerprint density at radius 2 is 0.855 bits per heavy atom. The van der Waals surface area contributed by atoms with E-state index in [9.17, 15) is 0 Å². The third-order valence-electron chi connectivity index (χ3n) is 11.3. The number of allylic oxidation sites excluding steroid dienone is 1. The number of ether oxygens (including phenoxy) is 2. The van der Waals surface area contributed by atoms with Crippen molar-refractivity contribution in [3.8, 4) is 28.4 Å². The second-order valence-corrected chi connectivity index (χ2v) is 15.4. The number of nitrogens with zero attached hydrogens (tertiary/aromatic N) is 2. The first-order chi connectivity index (χ1) is 30.5. The number of rotatable bonds is 11. The van der Waals surface area contributed by atoms with Crippen LogP contribution in [0.3, 0.4) is 0 Å². The summed E-state index contributed by atoms with van der Waals surface area (Å²) in [6, 6.07) is 70.9. The highest BCUT2D eigenvalue weighted by Gasteiger charge is 2.21. The normalized spacial score (nSPS) is 13.4. The Balaban J connectivity index is 0.953. The number of nitrogen functional groups attached to an aromatic ring is 2. The minimum atomic E-state index is -0.0766. The largest absolute Gasteiger partial charge is 0.486 e. The lowest BCUT2D eigenvalue weighted by molar-refractivity contribution is 0.251. The van der Waals surface area contributed by atoms with Gasteiger partial charge in [0.15, 0.2) is 0 Å². The van der Waals surface area contributed by atoms with Crippen LogP contribution in [-0.2, 0) is 0 Å². The molecule has 0 amide bonds. The quantitative estimate of drug-likeness (QED) is 0.127. The molecule has 9 aromatic rings. The molecule has 0 radical (unpaired) electrons. The molecule has 10 rings (SSSR count). The van der Waals surface area contributed by atoms with Crippen molar-refractivity contribution in [1.29, 1.82) is 0 Å². The fourth-order valence-corrected chi connectivity index (χ4v) is 8.17. The van der Waals surface area contributed by atoms with Crippen LogP contribution in [0.1, 0.15) is 6.42 Å². The molecule has 0 fully saturated rings. The minimum Gasteiger partial charge on any atom is -0.486 e. The maximum Gasteiger partial charge on any atom is 0.127 e. The first-order valence-electron chi connectivity index (χ1n) is 20.8. The van der Waals surface area contributed by atoms with Gasteiger partial charge in [0.1, 0.15) is 23.4 Å². The summed E-state index contributed by atoms with van der Waals surface area (Å²) in [6.45, 7) is 0. The molecule has 0 heterocycles. The summed E-state index contributed by atoms with van der Waals surface area (Å²) in [5.41, 5.74) is 21.9. The Labute approximate surface area is 361 Å². The molecule has 1 aliphatic rings. The van der Waals surface area contributed by atoms with Crippen LogP contribution < -0.4 is 30.7 Å². The SMILES string of the molecule is Nc1ccc(Oc2ccc(N(c3ccc(-c4ccc(N(C5=CCC(Oc6ccc(N)cc6)C=C5)c5cccc6ccccc56)cc4)cc3)c3cccc4ccccc34)cc2)cc1. The maximum atomic E-state index is 6.29. The van der Waals surface area contributed by atoms with Gasteiger partial charge in [-0.25, -0.2) is 0 Å². The average Bonchev–Trinajstić information content (AvgIpc) is 3.32. The highest BCUT2D eigenvalue weighted by atomic mass is 16.5. The molecule has 0 saturated heterocycles. The first-order valence-corrected chi connectivity index (χ1v) is 20.8. The lowest BCUT2D eigenvalue weighted by atomic mass is 10.0. The zero-order valence-electron chi connectivity index (χ0n) is 34.0. The van der Waals surface area contributed by atoms with Gasteiger partial charge < -0.3 is 30.7 Å². The number of hydrogen-bond donors (Lipinski definition) is 2. The smallest absolute Gasteiger partial charge is 0.127 e. The number of benzene rings is 9. The summed E-state index contributed by atoms with van der Waals surface area (Å²) in [7, 11) is 0. The van der Waals surface area contributed by atoms with Gasteiger partial charge in [0.2, 0.25) is 0 Å². The fourth-order valence-electron chi connectivity index (χ4n) is 8.17. The van der Waals surface area contributed by atoms with Gasteiger partial charge in [0.05, 0.1) is 11.4 Å². The molecule has 0 saturated carbocycles. The Hall–Kier alpha value is -8.22. The van der Waals surface area contributed by atoms with Crippen LogP contribution in [0.4, 0.5) is 39.8 Å². The van der Waals surface area contributed by atoms with Gasteiger partial charge in [-0.1, -0.05) is 103 Å². The van der Waals surface area contributed by atoms with E-state index in [-0.39, 0.29) is 6.10 Å². The molecule has 1 unspecified atom stereocenters. The second-order valence-electron chi connectivity index (χ2n) is 15.4. The average molecular weight is 805 g/mol. The third kappa shape index (κ3) is 7.93. The van der Waals surface area contributed by atoms with E-state index in [0.29, 0.717) is 5.69 Å². The van der Waals surface area contributed by atoms with Crippen LogP contribution in [0.15, 0.2) is 230 Å². The number of nitrogens with two attached hydrogens (primary N) is 2. The maximum absolute atomic E-state index is 6.29. The molecule has 6 nitrogen and oxygen atoms in total. The molecule has 62 heavy (non-hydrogen) atoms. The standard InChI is InChI=1S/C56H44N4O2/c57-43-19-31-49(32-20-43)61-51-35-27-47(28-36-51)59(55-13-5-9-41-7-1-3-11-53(41)55)45-23-15-39(16-24-45)40-17-25-46(26-18-40)60(56-14-6-10-42-8-2-4-12-54(42)56)48-29-37-52(38-30-48)62-50-33-21-44(58)22-34-50/h1-37,52H,38,57-58H2. The summed E-state index contributed by atoms with van der Waals surface area (Å²) in [5, 5.41) is 4.72. The monoisotopic (exact) mass is 804 g/mol. The van der Waals surface area contributed by atoms with E-state index >= 15 is 0 Å². The number of hydrogen-bond acceptors (Lipinski definition) is 6. The molecule has 4 N–H and O–H groups in total. The van der Waals surface area contributed by atoms with Crippen LogP contribution in [0.5, 0.6) is 17.2 Å². The summed E-state index contributed by atoms with van der Waals surface area (Å²) >= 11 is 0. The van der Waals surface area contributed by atoms with Crippen molar-refractivity contribution >= 4 is 61.4 Å². The van der Waals surface area contributed by atoms with E-state index in [1.807, 2.05) is 60.7 Å². The molecule has 300 valence electrons. The fraction of sp³-hybridized carbons (Fsp3) is 0.0357. The van der Waals surface area contributed by atoms with E-state index in [4.69, 9.17) is 20.9 Å². The lowest BCUT2D eigenvalue weighted by Gasteiger charge is -2.30. The van der Waals surface area contributed by atoms with Crippen LogP contribution in [0, 0.1) is 0 Å². The Morgan fingerprint density at radius 3 is 1.37 bits per heavy atom. The van der Waals surface area contributed by atoms with Crippen LogP contribution >= 0.6 is 0 Å². The van der Waals surface area contributed by atoms with Crippen molar-refractivity contribution in [2.24, 2.45) is 0 Å². The summed E-state index contributed by atoms with van der Waals surface area (Å²) in [5.74, 6) is 2.29. The van der Waals surface area contributed by atoms with Gasteiger partial charge in [-0.05, 0) is 143 Å². The highest BCUT2D eigenvalue weighted by Crippen LogP contribution is 2.42. The molecule has 1 aliphatic carbocycles. The molecular weight excluding hydrogens is 761 g/mol. The van der Waals surface area contributed by atoms with Gasteiger partial charge in [-0.15, -0.1) is 0 Å². The van der Waals surface area contributed by atoms with Crippen molar-refractivity contribution in [3.63, 3.8) is 0 Å². The van der Waals surface area contributed by atoms with Crippen molar-refractivity contribution < 1.29 is 9.47 Å². The predicted octanol–water partition coefficient (Wildman–Crippen LogP) is 14.5. The molecule has 1 atom stereocenters. The summed E-state index contributed by atoms with van der Waals surface area (Å²) in [4.78, 5) is 4.65. The molecule has 0 bridgehead atoms. The minimum absolute atomic E-state index is 0.0766. The second kappa shape index (κ2) is 16.8. The van der Waals surface area contributed by atoms with E-state index in [2.05, 4.69) is 174 Å². The highest BCUT2D eigenvalue weighted by molar-refractivity contribution is 5.99. The van der Waals surface area contributed by atoms with Gasteiger partial charge in [0.25, 0.3) is 0 Å². The van der Waals surface area contributed by atoms with Crippen molar-refractivity contribution in [1.82, 2.24) is 0 Å². The van der Waals surface area contributed by atoms with E-state index in [1.165, 1.54) is 21.5 Å². The lowest BCUT2D eigenvalue weighted by Crippen LogP contribution is -2.21. The van der Waals surface area contributed by atoms with Crippen LogP contribution in [0.25, 0.3) is 32.7 Å². The molecular formula is C56H44N4O2. The third-order valence-corrected chi connectivity index (χ3v) is 11.3. The zero-order valence-corrected chi connectivity index (χ0v) is 34.0. The first kappa shape index (κ1) is 38.0. The van der Waals surface area contributed by atoms with Crippen LogP contribution in [0.2, 0.25) is 0 Å². The van der Waals surface area contributed by atoms with Gasteiger partial charge in [0, 0.05) is 51.3 Å². The Morgan fingerprint density at radius 1 is 0.419 bits per heavy atom. The van der Waals surface area contributed by atoms with Crippen molar-refractivity contribution in [2.75, 3.05) is 21.3 Å². The van der Waals surface area contributed by atoms with E-state index < -0.39 is 0 Å². The van der Waals surface area contributed by atoms with Crippen LogP contribution in [-0.4, -0.2) is 6.10 Å². The van der Waals surface area contributed by atoms with Crippen molar-refractivity contribution in [2.45, 2.75) is 12.5 Å². The summed E-state index contributed by atoms with van der Waals surface area (Å²) < 4.78 is 12.4. The predicted molar refractivity (Wildman–Crippen MR) is 258 cm³/mol. The molecule has 9 aromatic carbocycles. The number of fused-ring (bicyclic) bond motifs is 2. The van der Waals surface area contributed by atoms with Gasteiger partial charge in [-0.3, -0.25) is 0 Å².